The third kappa shape index (κ3) is 25.3. The molecule has 162 valence electrons. The average molecular weight is 384 g/mol. The minimum Gasteiger partial charge on any atom is -0.465 e. The molecule has 0 bridgehead atoms. The van der Waals surface area contributed by atoms with Crippen molar-refractivity contribution in [3.05, 3.63) is 0 Å². The molecule has 0 heterocycles. The van der Waals surface area contributed by atoms with Crippen LogP contribution in [0.25, 0.3) is 0 Å². The Hall–Kier alpha value is -0.730. The van der Waals surface area contributed by atoms with Crippen LogP contribution in [0.2, 0.25) is 0 Å². The summed E-state index contributed by atoms with van der Waals surface area (Å²) in [4.78, 5) is 10.3. The van der Waals surface area contributed by atoms with Crippen LogP contribution in [0.5, 0.6) is 0 Å². The molecule has 0 spiro atoms. The fourth-order valence-electron chi connectivity index (χ4n) is 3.75. The van der Waals surface area contributed by atoms with E-state index in [1.807, 2.05) is 0 Å². The SMILES string of the molecule is CCCCCCCCCCCCCCCCCCCCCCCNC(=O)O. The molecule has 0 radical (unpaired) electrons. The first kappa shape index (κ1) is 26.3. The predicted molar refractivity (Wildman–Crippen MR) is 119 cm³/mol. The summed E-state index contributed by atoms with van der Waals surface area (Å²) >= 11 is 0. The first-order valence-electron chi connectivity index (χ1n) is 12.2. The first-order valence-corrected chi connectivity index (χ1v) is 12.2. The molecule has 27 heavy (non-hydrogen) atoms. The second kappa shape index (κ2) is 23.3. The zero-order valence-electron chi connectivity index (χ0n) is 18.4. The molecule has 0 aromatic heterocycles. The van der Waals surface area contributed by atoms with E-state index < -0.39 is 6.09 Å². The topological polar surface area (TPSA) is 49.3 Å². The van der Waals surface area contributed by atoms with Crippen molar-refractivity contribution in [1.82, 2.24) is 5.32 Å². The molecular weight excluding hydrogens is 334 g/mol. The van der Waals surface area contributed by atoms with Gasteiger partial charge in [0.2, 0.25) is 0 Å². The van der Waals surface area contributed by atoms with Gasteiger partial charge in [0.15, 0.2) is 0 Å². The maximum Gasteiger partial charge on any atom is 0.404 e. The van der Waals surface area contributed by atoms with Crippen LogP contribution in [0.3, 0.4) is 0 Å². The van der Waals surface area contributed by atoms with Crippen molar-refractivity contribution in [2.24, 2.45) is 0 Å². The average Bonchev–Trinajstić information content (AvgIpc) is 2.65. The number of hydrogen-bond donors (Lipinski definition) is 2. The van der Waals surface area contributed by atoms with Crippen molar-refractivity contribution >= 4 is 6.09 Å². The highest BCUT2D eigenvalue weighted by Gasteiger charge is 1.96. The number of unbranched alkanes of at least 4 members (excludes halogenated alkanes) is 20. The Labute approximate surface area is 170 Å². The summed E-state index contributed by atoms with van der Waals surface area (Å²) in [5.41, 5.74) is 0. The van der Waals surface area contributed by atoms with Gasteiger partial charge in [-0.25, -0.2) is 4.79 Å². The number of carboxylic acid groups (broad SMARTS) is 1. The molecule has 0 aliphatic heterocycles. The molecule has 0 aliphatic carbocycles. The summed E-state index contributed by atoms with van der Waals surface area (Å²) in [7, 11) is 0. The van der Waals surface area contributed by atoms with Crippen LogP contribution in [-0.2, 0) is 0 Å². The summed E-state index contributed by atoms with van der Waals surface area (Å²) in [6.45, 7) is 2.89. The molecule has 3 nitrogen and oxygen atoms in total. The smallest absolute Gasteiger partial charge is 0.404 e. The second-order valence-electron chi connectivity index (χ2n) is 8.30. The van der Waals surface area contributed by atoms with E-state index in [4.69, 9.17) is 5.11 Å². The van der Waals surface area contributed by atoms with E-state index in [0.717, 1.165) is 12.8 Å². The van der Waals surface area contributed by atoms with Gasteiger partial charge in [0.1, 0.15) is 0 Å². The highest BCUT2D eigenvalue weighted by molar-refractivity contribution is 5.64. The van der Waals surface area contributed by atoms with E-state index in [1.54, 1.807) is 0 Å². The van der Waals surface area contributed by atoms with Crippen molar-refractivity contribution in [2.75, 3.05) is 6.54 Å². The van der Waals surface area contributed by atoms with E-state index in [1.165, 1.54) is 122 Å². The summed E-state index contributed by atoms with van der Waals surface area (Å²) in [6, 6.07) is 0. The number of carbonyl (C=O) groups is 1. The molecule has 1 amide bonds. The van der Waals surface area contributed by atoms with Gasteiger partial charge in [-0.3, -0.25) is 0 Å². The van der Waals surface area contributed by atoms with Crippen LogP contribution >= 0.6 is 0 Å². The maximum atomic E-state index is 10.3. The number of rotatable bonds is 22. The molecule has 3 heteroatoms. The molecule has 0 atom stereocenters. The largest absolute Gasteiger partial charge is 0.465 e. The monoisotopic (exact) mass is 383 g/mol. The van der Waals surface area contributed by atoms with Crippen LogP contribution in [0.1, 0.15) is 142 Å². The van der Waals surface area contributed by atoms with E-state index in [-0.39, 0.29) is 0 Å². The third-order valence-corrected chi connectivity index (χ3v) is 5.56. The van der Waals surface area contributed by atoms with Gasteiger partial charge in [-0.05, 0) is 6.42 Å². The lowest BCUT2D eigenvalue weighted by Gasteiger charge is -2.04. The van der Waals surface area contributed by atoms with Gasteiger partial charge in [-0.2, -0.15) is 0 Å². The number of amides is 1. The number of nitrogens with one attached hydrogen (secondary N) is 1. The van der Waals surface area contributed by atoms with Crippen LogP contribution in [0.15, 0.2) is 0 Å². The normalized spacial score (nSPS) is 11.0. The van der Waals surface area contributed by atoms with Crippen LogP contribution in [-0.4, -0.2) is 17.7 Å². The van der Waals surface area contributed by atoms with Gasteiger partial charge >= 0.3 is 6.09 Å². The Morgan fingerprint density at radius 2 is 0.778 bits per heavy atom. The third-order valence-electron chi connectivity index (χ3n) is 5.56. The molecule has 0 aromatic rings. The molecule has 0 saturated heterocycles. The highest BCUT2D eigenvalue weighted by atomic mass is 16.4. The van der Waals surface area contributed by atoms with Crippen LogP contribution in [0.4, 0.5) is 4.79 Å². The van der Waals surface area contributed by atoms with E-state index in [2.05, 4.69) is 12.2 Å². The molecule has 0 fully saturated rings. The lowest BCUT2D eigenvalue weighted by molar-refractivity contribution is 0.194. The van der Waals surface area contributed by atoms with Gasteiger partial charge in [-0.1, -0.05) is 135 Å². The zero-order valence-corrected chi connectivity index (χ0v) is 18.4. The number of hydrogen-bond acceptors (Lipinski definition) is 1. The first-order chi connectivity index (χ1) is 13.3. The minimum absolute atomic E-state index is 0.606. The molecule has 0 rings (SSSR count). The summed E-state index contributed by atoms with van der Waals surface area (Å²) in [5, 5.41) is 10.9. The Bertz CT molecular complexity index is 294. The molecule has 0 aromatic carbocycles. The van der Waals surface area contributed by atoms with Crippen molar-refractivity contribution in [3.8, 4) is 0 Å². The van der Waals surface area contributed by atoms with E-state index in [9.17, 15) is 4.79 Å². The summed E-state index contributed by atoms with van der Waals surface area (Å²) in [5.74, 6) is 0. The molecule has 0 saturated carbocycles. The van der Waals surface area contributed by atoms with Crippen molar-refractivity contribution < 1.29 is 9.90 Å². The summed E-state index contributed by atoms with van der Waals surface area (Å²) in [6.07, 6.45) is 28.1. The zero-order chi connectivity index (χ0) is 19.8. The Morgan fingerprint density at radius 1 is 0.519 bits per heavy atom. The minimum atomic E-state index is -0.900. The molecular formula is C24H49NO2. The molecule has 0 aliphatic rings. The lowest BCUT2D eigenvalue weighted by Crippen LogP contribution is -2.21. The second-order valence-corrected chi connectivity index (χ2v) is 8.30. The predicted octanol–water partition coefficient (Wildman–Crippen LogP) is 8.47. The lowest BCUT2D eigenvalue weighted by atomic mass is 10.0. The standard InChI is InChI=1S/C24H49NO2/c1-2-3-4-5-6-7-8-9-10-11-12-13-14-15-16-17-18-19-20-21-22-23-25-24(26)27/h25H,2-23H2,1H3,(H,26,27). The summed E-state index contributed by atoms with van der Waals surface area (Å²) < 4.78 is 0. The van der Waals surface area contributed by atoms with Gasteiger partial charge in [0, 0.05) is 6.54 Å². The van der Waals surface area contributed by atoms with Crippen LogP contribution < -0.4 is 5.32 Å². The Morgan fingerprint density at radius 3 is 1.04 bits per heavy atom. The molecule has 0 unspecified atom stereocenters. The molecule has 2 N–H and O–H groups in total. The van der Waals surface area contributed by atoms with E-state index in [0.29, 0.717) is 6.54 Å². The fraction of sp³-hybridized carbons (Fsp3) is 0.958. The van der Waals surface area contributed by atoms with Crippen molar-refractivity contribution in [3.63, 3.8) is 0 Å². The van der Waals surface area contributed by atoms with Crippen molar-refractivity contribution in [1.29, 1.82) is 0 Å². The quantitative estimate of drug-likeness (QED) is 0.184. The van der Waals surface area contributed by atoms with Gasteiger partial charge in [-0.15, -0.1) is 0 Å². The van der Waals surface area contributed by atoms with Crippen molar-refractivity contribution in [2.45, 2.75) is 142 Å². The highest BCUT2D eigenvalue weighted by Crippen LogP contribution is 2.14. The van der Waals surface area contributed by atoms with E-state index >= 15 is 0 Å². The van der Waals surface area contributed by atoms with Crippen LogP contribution in [0, 0.1) is 0 Å². The van der Waals surface area contributed by atoms with Gasteiger partial charge in [0.25, 0.3) is 0 Å². The van der Waals surface area contributed by atoms with Gasteiger partial charge < -0.3 is 10.4 Å². The fourth-order valence-corrected chi connectivity index (χ4v) is 3.75. The van der Waals surface area contributed by atoms with Gasteiger partial charge in [0.05, 0.1) is 0 Å². The maximum absolute atomic E-state index is 10.3. The Kier molecular flexibility index (Phi) is 22.7. The Balaban J connectivity index is 2.98.